The summed E-state index contributed by atoms with van der Waals surface area (Å²) in [7, 11) is 2.03. The number of rotatable bonds is 11. The van der Waals surface area contributed by atoms with E-state index in [4.69, 9.17) is 17.3 Å². The Morgan fingerprint density at radius 1 is 1.21 bits per heavy atom. The van der Waals surface area contributed by atoms with Gasteiger partial charge in [0.15, 0.2) is 0 Å². The number of thiazole rings is 1. The monoisotopic (exact) mass is 573 g/mol. The highest BCUT2D eigenvalue weighted by Gasteiger charge is 2.43. The van der Waals surface area contributed by atoms with Crippen LogP contribution in [0.4, 0.5) is 10.2 Å². The second kappa shape index (κ2) is 12.2. The maximum Gasteiger partial charge on any atom is 0.226 e. The Labute approximate surface area is 235 Å². The number of aliphatic hydroxyl groups excluding tert-OH is 2. The zero-order chi connectivity index (χ0) is 27.5. The standard InChI is InChI=1S/C27H33ClFN7O2S/c1-35(11-2-8-31-9-7-16-3-5-18(29)6-4-16)14-17-13-20(23(38)22(17)37)36-15-19(26-32-10-12-39-26)21-24(30)33-27(28)34-25(21)36/h3-6,10,12,15,17,20,22-23,31,37-38H,2,7-9,11,13-14H2,1H3,(H2,30,33,34)/t17-,20-,22-,23+/m1/s1. The van der Waals surface area contributed by atoms with E-state index in [-0.39, 0.29) is 22.8 Å². The maximum absolute atomic E-state index is 13.0. The van der Waals surface area contributed by atoms with Crippen molar-refractivity contribution in [2.24, 2.45) is 5.92 Å². The van der Waals surface area contributed by atoms with Gasteiger partial charge in [0.25, 0.3) is 0 Å². The van der Waals surface area contributed by atoms with Crippen molar-refractivity contribution in [3.05, 3.63) is 58.7 Å². The van der Waals surface area contributed by atoms with Gasteiger partial charge in [-0.15, -0.1) is 11.3 Å². The van der Waals surface area contributed by atoms with Crippen LogP contribution in [0.2, 0.25) is 5.28 Å². The van der Waals surface area contributed by atoms with Gasteiger partial charge in [0, 0.05) is 35.8 Å². The minimum atomic E-state index is -0.966. The summed E-state index contributed by atoms with van der Waals surface area (Å²) >= 11 is 7.63. The molecule has 3 aromatic heterocycles. The van der Waals surface area contributed by atoms with Crippen molar-refractivity contribution < 1.29 is 14.6 Å². The van der Waals surface area contributed by atoms with E-state index in [1.807, 2.05) is 35.3 Å². The van der Waals surface area contributed by atoms with E-state index in [0.29, 0.717) is 24.0 Å². The molecule has 39 heavy (non-hydrogen) atoms. The van der Waals surface area contributed by atoms with E-state index in [0.717, 1.165) is 48.6 Å². The fourth-order valence-electron chi connectivity index (χ4n) is 5.45. The Bertz CT molecular complexity index is 1390. The Hall–Kier alpha value is -2.67. The third kappa shape index (κ3) is 6.24. The zero-order valence-electron chi connectivity index (χ0n) is 21.7. The van der Waals surface area contributed by atoms with Crippen molar-refractivity contribution in [1.82, 2.24) is 29.7 Å². The molecule has 4 atom stereocenters. The van der Waals surface area contributed by atoms with E-state index in [2.05, 4.69) is 25.2 Å². The molecule has 1 aliphatic carbocycles. The predicted molar refractivity (Wildman–Crippen MR) is 152 cm³/mol. The summed E-state index contributed by atoms with van der Waals surface area (Å²) in [6.45, 7) is 3.20. The van der Waals surface area contributed by atoms with E-state index < -0.39 is 18.2 Å². The lowest BCUT2D eigenvalue weighted by Gasteiger charge is -2.23. The number of nitrogens with one attached hydrogen (secondary N) is 1. The maximum atomic E-state index is 13.0. The third-order valence-electron chi connectivity index (χ3n) is 7.41. The molecule has 9 nitrogen and oxygen atoms in total. The van der Waals surface area contributed by atoms with Gasteiger partial charge in [-0.2, -0.15) is 4.98 Å². The van der Waals surface area contributed by atoms with Crippen LogP contribution in [0, 0.1) is 11.7 Å². The molecule has 5 N–H and O–H groups in total. The van der Waals surface area contributed by atoms with Gasteiger partial charge in [-0.25, -0.2) is 14.4 Å². The van der Waals surface area contributed by atoms with E-state index in [9.17, 15) is 14.6 Å². The van der Waals surface area contributed by atoms with Crippen LogP contribution in [0.15, 0.2) is 42.0 Å². The molecule has 1 aliphatic rings. The van der Waals surface area contributed by atoms with Gasteiger partial charge in [0.2, 0.25) is 5.28 Å². The smallest absolute Gasteiger partial charge is 0.226 e. The Balaban J connectivity index is 1.18. The van der Waals surface area contributed by atoms with Gasteiger partial charge in [-0.3, -0.25) is 0 Å². The molecule has 5 rings (SSSR count). The average molecular weight is 574 g/mol. The van der Waals surface area contributed by atoms with E-state index >= 15 is 0 Å². The number of fused-ring (bicyclic) bond motifs is 1. The van der Waals surface area contributed by atoms with Crippen LogP contribution in [0.5, 0.6) is 0 Å². The van der Waals surface area contributed by atoms with Crippen molar-refractivity contribution in [2.75, 3.05) is 39.0 Å². The van der Waals surface area contributed by atoms with Crippen LogP contribution >= 0.6 is 22.9 Å². The molecule has 0 radical (unpaired) electrons. The number of hydrogen-bond acceptors (Lipinski definition) is 9. The molecule has 1 aromatic carbocycles. The van der Waals surface area contributed by atoms with Crippen LogP contribution in [0.3, 0.4) is 0 Å². The van der Waals surface area contributed by atoms with Gasteiger partial charge in [0.05, 0.1) is 17.5 Å². The van der Waals surface area contributed by atoms with Crippen molar-refractivity contribution in [3.63, 3.8) is 0 Å². The molecule has 1 fully saturated rings. The summed E-state index contributed by atoms with van der Waals surface area (Å²) in [6.07, 6.45) is 4.14. The molecular weight excluding hydrogens is 541 g/mol. The Morgan fingerprint density at radius 3 is 2.74 bits per heavy atom. The van der Waals surface area contributed by atoms with Crippen molar-refractivity contribution in [3.8, 4) is 10.6 Å². The lowest BCUT2D eigenvalue weighted by Crippen LogP contribution is -2.35. The number of nitrogens with two attached hydrogens (primary N) is 1. The fourth-order valence-corrected chi connectivity index (χ4v) is 6.28. The van der Waals surface area contributed by atoms with Gasteiger partial charge >= 0.3 is 0 Å². The van der Waals surface area contributed by atoms with Crippen LogP contribution < -0.4 is 11.1 Å². The third-order valence-corrected chi connectivity index (χ3v) is 8.38. The molecule has 0 saturated heterocycles. The number of anilines is 1. The number of aliphatic hydroxyl groups is 2. The van der Waals surface area contributed by atoms with E-state index in [1.54, 1.807) is 6.20 Å². The highest BCUT2D eigenvalue weighted by Crippen LogP contribution is 2.42. The first-order valence-electron chi connectivity index (χ1n) is 13.0. The first kappa shape index (κ1) is 27.9. The Kier molecular flexibility index (Phi) is 8.75. The van der Waals surface area contributed by atoms with Crippen molar-refractivity contribution in [1.29, 1.82) is 0 Å². The molecule has 0 unspecified atom stereocenters. The molecule has 0 spiro atoms. The minimum absolute atomic E-state index is 0.0284. The molecule has 3 heterocycles. The quantitative estimate of drug-likeness (QED) is 0.159. The van der Waals surface area contributed by atoms with Gasteiger partial charge in [-0.05, 0) is 75.2 Å². The summed E-state index contributed by atoms with van der Waals surface area (Å²) in [5.74, 6) is -0.0763. The lowest BCUT2D eigenvalue weighted by atomic mass is 10.1. The number of benzene rings is 1. The summed E-state index contributed by atoms with van der Waals surface area (Å²) in [5, 5.41) is 28.8. The number of nitrogen functional groups attached to an aromatic ring is 1. The SMILES string of the molecule is CN(CCCNCCc1ccc(F)cc1)C[C@H]1C[C@@H](n2cc(-c3nccs3)c3c(N)nc(Cl)nc32)[C@H](O)[C@@H]1O. The second-order valence-electron chi connectivity index (χ2n) is 10.2. The normalized spacial score (nSPS) is 21.4. The summed E-state index contributed by atoms with van der Waals surface area (Å²) in [6, 6.07) is 6.20. The van der Waals surface area contributed by atoms with Crippen LogP contribution in [-0.4, -0.2) is 80.1 Å². The fraction of sp³-hybridized carbons (Fsp3) is 0.444. The largest absolute Gasteiger partial charge is 0.390 e. The van der Waals surface area contributed by atoms with Crippen molar-refractivity contribution in [2.45, 2.75) is 37.5 Å². The average Bonchev–Trinajstić information content (AvgIpc) is 3.62. The first-order chi connectivity index (χ1) is 18.8. The van der Waals surface area contributed by atoms with Gasteiger partial charge in [-0.1, -0.05) is 12.1 Å². The second-order valence-corrected chi connectivity index (χ2v) is 11.4. The highest BCUT2D eigenvalue weighted by molar-refractivity contribution is 7.13. The molecule has 1 saturated carbocycles. The molecular formula is C27H33ClFN7O2S. The number of aromatic nitrogens is 4. The van der Waals surface area contributed by atoms with Crippen LogP contribution in [0.1, 0.15) is 24.4 Å². The zero-order valence-corrected chi connectivity index (χ0v) is 23.2. The summed E-state index contributed by atoms with van der Waals surface area (Å²) in [5.41, 5.74) is 8.64. The van der Waals surface area contributed by atoms with E-state index in [1.165, 1.54) is 23.5 Å². The molecule has 4 aromatic rings. The predicted octanol–water partition coefficient (Wildman–Crippen LogP) is 3.37. The summed E-state index contributed by atoms with van der Waals surface area (Å²) in [4.78, 5) is 15.2. The molecule has 0 aliphatic heterocycles. The topological polar surface area (TPSA) is 125 Å². The van der Waals surface area contributed by atoms with Crippen molar-refractivity contribution >= 4 is 39.8 Å². The van der Waals surface area contributed by atoms with Gasteiger partial charge in [0.1, 0.15) is 28.4 Å². The highest BCUT2D eigenvalue weighted by atomic mass is 35.5. The molecule has 0 amide bonds. The summed E-state index contributed by atoms with van der Waals surface area (Å²) < 4.78 is 14.9. The Morgan fingerprint density at radius 2 is 2.00 bits per heavy atom. The van der Waals surface area contributed by atoms with Crippen LogP contribution in [-0.2, 0) is 6.42 Å². The van der Waals surface area contributed by atoms with Gasteiger partial charge < -0.3 is 30.7 Å². The number of nitrogens with zero attached hydrogens (tertiary/aromatic N) is 5. The number of halogens is 2. The lowest BCUT2D eigenvalue weighted by molar-refractivity contribution is 0.00170. The molecule has 0 bridgehead atoms. The first-order valence-corrected chi connectivity index (χ1v) is 14.3. The molecule has 208 valence electrons. The number of hydrogen-bond donors (Lipinski definition) is 4. The minimum Gasteiger partial charge on any atom is -0.390 e. The van der Waals surface area contributed by atoms with Crippen LogP contribution in [0.25, 0.3) is 21.6 Å². The molecule has 12 heteroatoms.